The summed E-state index contributed by atoms with van der Waals surface area (Å²) in [6, 6.07) is 1.88. The van der Waals surface area contributed by atoms with Crippen LogP contribution in [0.15, 0.2) is 18.5 Å². The van der Waals surface area contributed by atoms with Gasteiger partial charge in [0.05, 0.1) is 11.1 Å². The summed E-state index contributed by atoms with van der Waals surface area (Å²) in [5, 5.41) is 0. The van der Waals surface area contributed by atoms with E-state index in [9.17, 15) is 9.59 Å². The van der Waals surface area contributed by atoms with Gasteiger partial charge >= 0.3 is 0 Å². The lowest BCUT2D eigenvalue weighted by molar-refractivity contribution is -0.142. The molecule has 0 N–H and O–H groups in total. The Morgan fingerprint density at radius 2 is 2.05 bits per heavy atom. The smallest absolute Gasteiger partial charge is 0.255 e. The van der Waals surface area contributed by atoms with Gasteiger partial charge in [0.2, 0.25) is 5.91 Å². The molecule has 0 radical (unpaired) electrons. The van der Waals surface area contributed by atoms with Gasteiger partial charge in [-0.2, -0.15) is 0 Å². The fourth-order valence-electron chi connectivity index (χ4n) is 3.79. The number of pyridine rings is 1. The number of nitrogens with zero attached hydrogens (tertiary/aromatic N) is 3. The van der Waals surface area contributed by atoms with Crippen molar-refractivity contribution in [2.45, 2.75) is 44.6 Å². The highest BCUT2D eigenvalue weighted by Gasteiger charge is 2.44. The number of likely N-dealkylation sites (N-methyl/N-ethyl adjacent to an activating group) is 1. The second kappa shape index (κ2) is 5.71. The number of amides is 2. The molecule has 3 heterocycles. The normalized spacial score (nSPS) is 25.6. The summed E-state index contributed by atoms with van der Waals surface area (Å²) in [4.78, 5) is 32.7. The van der Waals surface area contributed by atoms with Gasteiger partial charge < -0.3 is 9.80 Å². The molecule has 0 unspecified atom stereocenters. The molecule has 2 aliphatic heterocycles. The first kappa shape index (κ1) is 15.0. The predicted octanol–water partition coefficient (Wildman–Crippen LogP) is 2.01. The Bertz CT molecular complexity index is 597. The summed E-state index contributed by atoms with van der Waals surface area (Å²) in [5.41, 5.74) is 1.46. The Balaban J connectivity index is 1.81. The van der Waals surface area contributed by atoms with Crippen LogP contribution in [0.5, 0.6) is 0 Å². The summed E-state index contributed by atoms with van der Waals surface area (Å²) < 4.78 is 0. The molecule has 2 saturated heterocycles. The van der Waals surface area contributed by atoms with Crippen molar-refractivity contribution < 1.29 is 9.59 Å². The van der Waals surface area contributed by atoms with Gasteiger partial charge in [-0.25, -0.2) is 0 Å². The first-order valence-electron chi connectivity index (χ1n) is 7.99. The lowest BCUT2D eigenvalue weighted by Crippen LogP contribution is -2.61. The molecule has 118 valence electrons. The van der Waals surface area contributed by atoms with Crippen LogP contribution in [-0.4, -0.2) is 52.3 Å². The largest absolute Gasteiger partial charge is 0.338 e. The van der Waals surface area contributed by atoms with Gasteiger partial charge in [-0.05, 0) is 44.2 Å². The van der Waals surface area contributed by atoms with E-state index in [0.717, 1.165) is 37.8 Å². The summed E-state index contributed by atoms with van der Waals surface area (Å²) in [5.74, 6) is 0.236. The van der Waals surface area contributed by atoms with Crippen molar-refractivity contribution in [3.8, 4) is 0 Å². The van der Waals surface area contributed by atoms with Crippen LogP contribution in [0, 0.1) is 6.92 Å². The summed E-state index contributed by atoms with van der Waals surface area (Å²) in [6.45, 7) is 3.34. The number of rotatable bonds is 1. The third-order valence-electron chi connectivity index (χ3n) is 5.08. The first-order valence-corrected chi connectivity index (χ1v) is 7.99. The molecule has 0 aromatic carbocycles. The summed E-state index contributed by atoms with van der Waals surface area (Å²) >= 11 is 0. The van der Waals surface area contributed by atoms with E-state index in [1.54, 1.807) is 12.4 Å². The van der Waals surface area contributed by atoms with Gasteiger partial charge in [0.1, 0.15) is 0 Å². The van der Waals surface area contributed by atoms with E-state index in [1.807, 2.05) is 29.8 Å². The van der Waals surface area contributed by atoms with Gasteiger partial charge in [0.25, 0.3) is 5.91 Å². The summed E-state index contributed by atoms with van der Waals surface area (Å²) in [6.07, 6.45) is 7.87. The zero-order valence-corrected chi connectivity index (χ0v) is 13.3. The second-order valence-electron chi connectivity index (χ2n) is 6.61. The van der Waals surface area contributed by atoms with Crippen molar-refractivity contribution >= 4 is 11.8 Å². The minimum Gasteiger partial charge on any atom is -0.338 e. The van der Waals surface area contributed by atoms with Crippen molar-refractivity contribution in [1.82, 2.24) is 14.8 Å². The van der Waals surface area contributed by atoms with Crippen LogP contribution in [0.2, 0.25) is 0 Å². The zero-order chi connectivity index (χ0) is 15.7. The predicted molar refractivity (Wildman–Crippen MR) is 83.5 cm³/mol. The van der Waals surface area contributed by atoms with Crippen LogP contribution in [0.4, 0.5) is 0 Å². The molecule has 22 heavy (non-hydrogen) atoms. The van der Waals surface area contributed by atoms with Gasteiger partial charge in [0.15, 0.2) is 0 Å². The van der Waals surface area contributed by atoms with Crippen LogP contribution in [-0.2, 0) is 4.79 Å². The number of piperidine rings is 2. The quantitative estimate of drug-likeness (QED) is 0.797. The maximum Gasteiger partial charge on any atom is 0.255 e. The van der Waals surface area contributed by atoms with E-state index in [1.165, 1.54) is 0 Å². The van der Waals surface area contributed by atoms with Gasteiger partial charge in [-0.1, -0.05) is 0 Å². The van der Waals surface area contributed by atoms with Crippen LogP contribution in [0.3, 0.4) is 0 Å². The molecule has 2 fully saturated rings. The molecule has 0 saturated carbocycles. The van der Waals surface area contributed by atoms with E-state index in [4.69, 9.17) is 0 Å². The van der Waals surface area contributed by atoms with E-state index in [-0.39, 0.29) is 17.4 Å². The van der Waals surface area contributed by atoms with Gasteiger partial charge in [-0.3, -0.25) is 14.6 Å². The van der Waals surface area contributed by atoms with E-state index >= 15 is 0 Å². The van der Waals surface area contributed by atoms with Crippen molar-refractivity contribution in [3.63, 3.8) is 0 Å². The zero-order valence-electron chi connectivity index (χ0n) is 13.3. The maximum atomic E-state index is 12.7. The Morgan fingerprint density at radius 1 is 1.27 bits per heavy atom. The van der Waals surface area contributed by atoms with E-state index in [0.29, 0.717) is 18.5 Å². The summed E-state index contributed by atoms with van der Waals surface area (Å²) in [7, 11) is 1.89. The molecule has 3 rings (SSSR count). The Kier molecular flexibility index (Phi) is 3.89. The molecule has 0 bridgehead atoms. The van der Waals surface area contributed by atoms with Crippen molar-refractivity contribution in [3.05, 3.63) is 29.6 Å². The van der Waals surface area contributed by atoms with E-state index in [2.05, 4.69) is 4.98 Å². The van der Waals surface area contributed by atoms with Crippen LogP contribution in [0.25, 0.3) is 0 Å². The number of aryl methyl sites for hydroxylation is 1. The molecule has 5 heteroatoms. The highest BCUT2D eigenvalue weighted by molar-refractivity contribution is 5.94. The standard InChI is InChI=1S/C17H23N3O2/c1-13-9-14(11-18-10-13)16(22)20-8-4-7-17(12-20)6-3-5-15(21)19(17)2/h9-11H,3-8,12H2,1-2H3/t17-/m1/s1. The van der Waals surface area contributed by atoms with Crippen molar-refractivity contribution in [2.75, 3.05) is 20.1 Å². The number of hydrogen-bond donors (Lipinski definition) is 0. The highest BCUT2D eigenvalue weighted by atomic mass is 16.2. The molecule has 2 aliphatic rings. The number of hydrogen-bond acceptors (Lipinski definition) is 3. The fraction of sp³-hybridized carbons (Fsp3) is 0.588. The molecule has 1 atom stereocenters. The number of likely N-dealkylation sites (tertiary alicyclic amines) is 2. The monoisotopic (exact) mass is 301 g/mol. The fourth-order valence-corrected chi connectivity index (χ4v) is 3.79. The van der Waals surface area contributed by atoms with Gasteiger partial charge in [-0.15, -0.1) is 0 Å². The minimum atomic E-state index is -0.166. The average Bonchev–Trinajstić information content (AvgIpc) is 2.52. The SMILES string of the molecule is Cc1cncc(C(=O)N2CCC[C@]3(CCCC(=O)N3C)C2)c1. The Labute approximate surface area is 131 Å². The van der Waals surface area contributed by atoms with Crippen LogP contribution >= 0.6 is 0 Å². The first-order chi connectivity index (χ1) is 10.5. The maximum absolute atomic E-state index is 12.7. The van der Waals surface area contributed by atoms with Crippen LogP contribution < -0.4 is 0 Å². The molecular formula is C17H23N3O2. The van der Waals surface area contributed by atoms with Crippen LogP contribution in [0.1, 0.15) is 48.0 Å². The third kappa shape index (κ3) is 2.60. The third-order valence-corrected chi connectivity index (χ3v) is 5.08. The molecule has 5 nitrogen and oxygen atoms in total. The molecule has 2 amide bonds. The van der Waals surface area contributed by atoms with Gasteiger partial charge in [0, 0.05) is 39.0 Å². The topological polar surface area (TPSA) is 53.5 Å². The molecule has 0 aliphatic carbocycles. The highest BCUT2D eigenvalue weighted by Crippen LogP contribution is 2.36. The van der Waals surface area contributed by atoms with E-state index < -0.39 is 0 Å². The molecule has 1 aromatic heterocycles. The number of aromatic nitrogens is 1. The average molecular weight is 301 g/mol. The number of carbonyl (C=O) groups excluding carboxylic acids is 2. The Hall–Kier alpha value is -1.91. The second-order valence-corrected chi connectivity index (χ2v) is 6.61. The lowest BCUT2D eigenvalue weighted by Gasteiger charge is -2.50. The molecule has 1 spiro atoms. The minimum absolute atomic E-state index is 0.0293. The lowest BCUT2D eigenvalue weighted by atomic mass is 9.80. The van der Waals surface area contributed by atoms with Crippen molar-refractivity contribution in [1.29, 1.82) is 0 Å². The number of carbonyl (C=O) groups is 2. The molecule has 1 aromatic rings. The van der Waals surface area contributed by atoms with Crippen molar-refractivity contribution in [2.24, 2.45) is 0 Å². The molecular weight excluding hydrogens is 278 g/mol. The Morgan fingerprint density at radius 3 is 2.82 bits per heavy atom.